The van der Waals surface area contributed by atoms with E-state index in [0.717, 1.165) is 5.56 Å². The maximum absolute atomic E-state index is 11.3. The van der Waals surface area contributed by atoms with Crippen LogP contribution in [0.15, 0.2) is 21.3 Å². The molecule has 2 heterocycles. The third kappa shape index (κ3) is 3.14. The van der Waals surface area contributed by atoms with Gasteiger partial charge >= 0.3 is 5.97 Å². The summed E-state index contributed by atoms with van der Waals surface area (Å²) in [5.41, 5.74) is -0.654. The predicted molar refractivity (Wildman–Crippen MR) is 79.9 cm³/mol. The molecule has 21 heavy (non-hydrogen) atoms. The lowest BCUT2D eigenvalue weighted by Crippen LogP contribution is -2.54. The van der Waals surface area contributed by atoms with Crippen LogP contribution >= 0.6 is 11.3 Å². The fourth-order valence-corrected chi connectivity index (χ4v) is 2.25. The SMILES string of the molecule is CC(C)(NCc1noc(-c2ccsc2)n1)C(C)(C)C(=O)O. The van der Waals surface area contributed by atoms with Crippen LogP contribution in [0.25, 0.3) is 11.5 Å². The smallest absolute Gasteiger partial charge is 0.310 e. The molecule has 0 aliphatic carbocycles. The number of carbonyl (C=O) groups is 1. The first kappa shape index (κ1) is 15.7. The summed E-state index contributed by atoms with van der Waals surface area (Å²) in [6.45, 7) is 7.42. The first-order valence-electron chi connectivity index (χ1n) is 6.57. The van der Waals surface area contributed by atoms with Gasteiger partial charge in [0.1, 0.15) is 0 Å². The third-order valence-corrected chi connectivity index (χ3v) is 4.71. The molecule has 0 atom stereocenters. The molecule has 0 radical (unpaired) electrons. The zero-order valence-electron chi connectivity index (χ0n) is 12.5. The van der Waals surface area contributed by atoms with Gasteiger partial charge in [-0.15, -0.1) is 0 Å². The van der Waals surface area contributed by atoms with Crippen LogP contribution in [0.3, 0.4) is 0 Å². The van der Waals surface area contributed by atoms with Gasteiger partial charge in [0, 0.05) is 10.9 Å². The fraction of sp³-hybridized carbons (Fsp3) is 0.500. The van der Waals surface area contributed by atoms with Crippen LogP contribution in [0.5, 0.6) is 0 Å². The van der Waals surface area contributed by atoms with Gasteiger partial charge in [0.25, 0.3) is 5.89 Å². The maximum atomic E-state index is 11.3. The van der Waals surface area contributed by atoms with Gasteiger partial charge < -0.3 is 14.9 Å². The van der Waals surface area contributed by atoms with Crippen molar-refractivity contribution >= 4 is 17.3 Å². The van der Waals surface area contributed by atoms with E-state index in [-0.39, 0.29) is 0 Å². The van der Waals surface area contributed by atoms with Crippen molar-refractivity contribution in [2.24, 2.45) is 5.41 Å². The van der Waals surface area contributed by atoms with Crippen LogP contribution in [-0.4, -0.2) is 26.8 Å². The number of aromatic nitrogens is 2. The standard InChI is InChI=1S/C14H19N3O3S/c1-13(2,12(18)19)14(3,4)15-7-10-16-11(20-17-10)9-5-6-21-8-9/h5-6,8,15H,7H2,1-4H3,(H,18,19). The summed E-state index contributed by atoms with van der Waals surface area (Å²) in [5, 5.41) is 20.3. The van der Waals surface area contributed by atoms with Crippen molar-refractivity contribution in [2.75, 3.05) is 0 Å². The number of nitrogens with zero attached hydrogens (tertiary/aromatic N) is 2. The Bertz CT molecular complexity index is 617. The predicted octanol–water partition coefficient (Wildman–Crippen LogP) is 2.78. The zero-order chi connectivity index (χ0) is 15.7. The Morgan fingerprint density at radius 1 is 1.43 bits per heavy atom. The van der Waals surface area contributed by atoms with Crippen LogP contribution in [0.1, 0.15) is 33.5 Å². The molecule has 6 nitrogen and oxygen atoms in total. The van der Waals surface area contributed by atoms with Crippen LogP contribution < -0.4 is 5.32 Å². The van der Waals surface area contributed by atoms with Crippen molar-refractivity contribution in [1.82, 2.24) is 15.5 Å². The number of hydrogen-bond donors (Lipinski definition) is 2. The molecule has 0 amide bonds. The van der Waals surface area contributed by atoms with Crippen LogP contribution in [0.4, 0.5) is 0 Å². The highest BCUT2D eigenvalue weighted by atomic mass is 32.1. The normalized spacial score (nSPS) is 12.6. The highest BCUT2D eigenvalue weighted by molar-refractivity contribution is 7.08. The number of carboxylic acids is 1. The van der Waals surface area contributed by atoms with Crippen molar-refractivity contribution in [3.8, 4) is 11.5 Å². The van der Waals surface area contributed by atoms with Crippen molar-refractivity contribution in [1.29, 1.82) is 0 Å². The average Bonchev–Trinajstić information content (AvgIpc) is 3.07. The summed E-state index contributed by atoms with van der Waals surface area (Å²) in [6.07, 6.45) is 0. The third-order valence-electron chi connectivity index (χ3n) is 4.02. The Morgan fingerprint density at radius 3 is 2.71 bits per heavy atom. The lowest BCUT2D eigenvalue weighted by Gasteiger charge is -2.38. The van der Waals surface area contributed by atoms with Crippen molar-refractivity contribution in [3.05, 3.63) is 22.7 Å². The van der Waals surface area contributed by atoms with E-state index < -0.39 is 16.9 Å². The summed E-state index contributed by atoms with van der Waals surface area (Å²) < 4.78 is 5.20. The number of rotatable bonds is 6. The summed E-state index contributed by atoms with van der Waals surface area (Å²) in [4.78, 5) is 15.7. The summed E-state index contributed by atoms with van der Waals surface area (Å²) in [7, 11) is 0. The summed E-state index contributed by atoms with van der Waals surface area (Å²) >= 11 is 1.56. The molecule has 0 spiro atoms. The molecule has 2 aromatic rings. The Morgan fingerprint density at radius 2 is 2.14 bits per heavy atom. The van der Waals surface area contributed by atoms with Gasteiger partial charge in [-0.05, 0) is 39.1 Å². The second-order valence-electron chi connectivity index (χ2n) is 5.94. The minimum absolute atomic E-state index is 0.345. The molecule has 2 N–H and O–H groups in total. The number of aliphatic carboxylic acids is 1. The molecular weight excluding hydrogens is 290 g/mol. The topological polar surface area (TPSA) is 88.3 Å². The van der Waals surface area contributed by atoms with Gasteiger partial charge in [0.2, 0.25) is 0 Å². The number of nitrogens with one attached hydrogen (secondary N) is 1. The van der Waals surface area contributed by atoms with Crippen LogP contribution in [0.2, 0.25) is 0 Å². The first-order valence-corrected chi connectivity index (χ1v) is 7.52. The van der Waals surface area contributed by atoms with E-state index in [9.17, 15) is 9.90 Å². The Kier molecular flexibility index (Phi) is 4.15. The molecule has 0 aliphatic rings. The van der Waals surface area contributed by atoms with Gasteiger partial charge in [-0.2, -0.15) is 16.3 Å². The molecule has 0 unspecified atom stereocenters. The van der Waals surface area contributed by atoms with E-state index in [1.165, 1.54) is 0 Å². The molecule has 114 valence electrons. The molecule has 2 aromatic heterocycles. The van der Waals surface area contributed by atoms with E-state index in [1.807, 2.05) is 30.7 Å². The van der Waals surface area contributed by atoms with Gasteiger partial charge in [0.05, 0.1) is 17.5 Å². The molecule has 0 fully saturated rings. The molecule has 2 rings (SSSR count). The first-order chi connectivity index (χ1) is 9.74. The van der Waals surface area contributed by atoms with E-state index in [2.05, 4.69) is 15.5 Å². The largest absolute Gasteiger partial charge is 0.481 e. The highest BCUT2D eigenvalue weighted by Gasteiger charge is 2.43. The molecule has 0 bridgehead atoms. The molecule has 0 aliphatic heterocycles. The lowest BCUT2D eigenvalue weighted by molar-refractivity contribution is -0.151. The number of carboxylic acid groups (broad SMARTS) is 1. The van der Waals surface area contributed by atoms with Gasteiger partial charge in [-0.1, -0.05) is 5.16 Å². The second-order valence-corrected chi connectivity index (χ2v) is 6.72. The zero-order valence-corrected chi connectivity index (χ0v) is 13.3. The van der Waals surface area contributed by atoms with Crippen LogP contribution in [0, 0.1) is 5.41 Å². The summed E-state index contributed by atoms with van der Waals surface area (Å²) in [6, 6.07) is 1.91. The Labute approximate surface area is 127 Å². The molecular formula is C14H19N3O3S. The molecule has 0 aromatic carbocycles. The lowest BCUT2D eigenvalue weighted by atomic mass is 9.74. The van der Waals surface area contributed by atoms with E-state index >= 15 is 0 Å². The van der Waals surface area contributed by atoms with Gasteiger partial charge in [0.15, 0.2) is 5.82 Å². The quantitative estimate of drug-likeness (QED) is 0.853. The van der Waals surface area contributed by atoms with Gasteiger partial charge in [-0.3, -0.25) is 4.79 Å². The van der Waals surface area contributed by atoms with Crippen molar-refractivity contribution in [3.63, 3.8) is 0 Å². The Balaban J connectivity index is 2.05. The van der Waals surface area contributed by atoms with Crippen molar-refractivity contribution < 1.29 is 14.4 Å². The second kappa shape index (κ2) is 5.57. The molecule has 0 saturated carbocycles. The minimum Gasteiger partial charge on any atom is -0.481 e. The number of hydrogen-bond acceptors (Lipinski definition) is 6. The van der Waals surface area contributed by atoms with E-state index in [0.29, 0.717) is 18.3 Å². The van der Waals surface area contributed by atoms with E-state index in [1.54, 1.807) is 25.2 Å². The van der Waals surface area contributed by atoms with Crippen molar-refractivity contribution in [2.45, 2.75) is 39.8 Å². The summed E-state index contributed by atoms with van der Waals surface area (Å²) in [5.74, 6) is 0.126. The average molecular weight is 309 g/mol. The number of thiophene rings is 1. The van der Waals surface area contributed by atoms with Gasteiger partial charge in [-0.25, -0.2) is 0 Å². The monoisotopic (exact) mass is 309 g/mol. The molecule has 7 heteroatoms. The fourth-order valence-electron chi connectivity index (χ4n) is 1.62. The Hall–Kier alpha value is -1.73. The van der Waals surface area contributed by atoms with E-state index in [4.69, 9.17) is 4.52 Å². The maximum Gasteiger partial charge on any atom is 0.310 e. The van der Waals surface area contributed by atoms with Crippen LogP contribution in [-0.2, 0) is 11.3 Å². The highest BCUT2D eigenvalue weighted by Crippen LogP contribution is 2.31. The minimum atomic E-state index is -0.924. The molecule has 0 saturated heterocycles.